The molecule has 1 aliphatic rings. The zero-order valence-corrected chi connectivity index (χ0v) is 10.7. The Bertz CT molecular complexity index is 399. The average molecular weight is 250 g/mol. The van der Waals surface area contributed by atoms with Crippen LogP contribution in [0.25, 0.3) is 0 Å². The van der Waals surface area contributed by atoms with Gasteiger partial charge in [-0.3, -0.25) is 0 Å². The molecule has 0 aliphatic carbocycles. The van der Waals surface area contributed by atoms with Crippen molar-refractivity contribution in [1.29, 1.82) is 0 Å². The molecule has 1 heterocycles. The molecular formula is C14H18O4. The van der Waals surface area contributed by atoms with Crippen LogP contribution in [0, 0.1) is 6.92 Å². The van der Waals surface area contributed by atoms with Gasteiger partial charge in [0.2, 0.25) is 0 Å². The molecule has 0 N–H and O–H groups in total. The maximum absolute atomic E-state index is 11.8. The zero-order chi connectivity index (χ0) is 13.0. The molecule has 1 aromatic rings. The van der Waals surface area contributed by atoms with Crippen molar-refractivity contribution in [3.63, 3.8) is 0 Å². The number of benzene rings is 1. The van der Waals surface area contributed by atoms with Crippen molar-refractivity contribution in [3.8, 4) is 0 Å². The van der Waals surface area contributed by atoms with Gasteiger partial charge in [-0.15, -0.1) is 0 Å². The average Bonchev–Trinajstić information content (AvgIpc) is 2.85. The Morgan fingerprint density at radius 1 is 1.33 bits per heavy atom. The predicted molar refractivity (Wildman–Crippen MR) is 66.4 cm³/mol. The van der Waals surface area contributed by atoms with Crippen LogP contribution in [0.2, 0.25) is 0 Å². The summed E-state index contributed by atoms with van der Waals surface area (Å²) in [6.45, 7) is 2.26. The second-order valence-electron chi connectivity index (χ2n) is 4.47. The molecule has 4 heteroatoms. The highest BCUT2D eigenvalue weighted by Crippen LogP contribution is 2.20. The van der Waals surface area contributed by atoms with Crippen LogP contribution in [0.4, 0.5) is 0 Å². The van der Waals surface area contributed by atoms with Crippen LogP contribution in [-0.2, 0) is 14.2 Å². The highest BCUT2D eigenvalue weighted by atomic mass is 16.7. The monoisotopic (exact) mass is 250 g/mol. The van der Waals surface area contributed by atoms with Crippen molar-refractivity contribution >= 4 is 5.97 Å². The van der Waals surface area contributed by atoms with E-state index in [0.717, 1.165) is 18.4 Å². The number of esters is 1. The lowest BCUT2D eigenvalue weighted by Crippen LogP contribution is -2.20. The molecule has 2 rings (SSSR count). The summed E-state index contributed by atoms with van der Waals surface area (Å²) in [5.74, 6) is -0.306. The van der Waals surface area contributed by atoms with Gasteiger partial charge in [0.05, 0.1) is 11.7 Å². The first kappa shape index (κ1) is 13.1. The number of aryl methyl sites for hydroxylation is 1. The Kier molecular flexibility index (Phi) is 4.33. The van der Waals surface area contributed by atoms with E-state index in [1.807, 2.05) is 19.1 Å². The van der Waals surface area contributed by atoms with Crippen LogP contribution >= 0.6 is 0 Å². The maximum atomic E-state index is 11.8. The standard InChI is InChI=1S/C14H18O4/c1-10-3-5-11(6-4-10)14(15)17-9-12-7-8-13(16-2)18-12/h3-6,12-13H,7-9H2,1-2H3/t12-,13?/m0/s1. The second kappa shape index (κ2) is 5.98. The minimum atomic E-state index is -0.306. The molecule has 0 saturated carbocycles. The van der Waals surface area contributed by atoms with E-state index in [0.29, 0.717) is 5.56 Å². The van der Waals surface area contributed by atoms with E-state index in [-0.39, 0.29) is 25.0 Å². The van der Waals surface area contributed by atoms with Crippen LogP contribution < -0.4 is 0 Å². The van der Waals surface area contributed by atoms with Gasteiger partial charge in [-0.1, -0.05) is 17.7 Å². The van der Waals surface area contributed by atoms with Crippen molar-refractivity contribution in [2.24, 2.45) is 0 Å². The molecule has 1 unspecified atom stereocenters. The molecule has 1 aliphatic heterocycles. The molecule has 1 saturated heterocycles. The largest absolute Gasteiger partial charge is 0.459 e. The molecule has 4 nitrogen and oxygen atoms in total. The third-order valence-electron chi connectivity index (χ3n) is 3.02. The first-order valence-corrected chi connectivity index (χ1v) is 6.11. The van der Waals surface area contributed by atoms with Crippen LogP contribution in [0.1, 0.15) is 28.8 Å². The SMILES string of the molecule is COC1CC[C@@H](COC(=O)c2ccc(C)cc2)O1. The number of methoxy groups -OCH3 is 1. The molecule has 0 bridgehead atoms. The second-order valence-corrected chi connectivity index (χ2v) is 4.47. The van der Waals surface area contributed by atoms with Crippen LogP contribution in [0.15, 0.2) is 24.3 Å². The third kappa shape index (κ3) is 3.31. The maximum Gasteiger partial charge on any atom is 0.338 e. The zero-order valence-electron chi connectivity index (χ0n) is 10.7. The molecule has 0 spiro atoms. The Morgan fingerprint density at radius 3 is 2.67 bits per heavy atom. The summed E-state index contributed by atoms with van der Waals surface area (Å²) in [5.41, 5.74) is 1.69. The Hall–Kier alpha value is -1.39. The summed E-state index contributed by atoms with van der Waals surface area (Å²) in [6, 6.07) is 7.32. The van der Waals surface area contributed by atoms with Gasteiger partial charge in [0.1, 0.15) is 6.61 Å². The Balaban J connectivity index is 1.80. The van der Waals surface area contributed by atoms with Crippen molar-refractivity contribution < 1.29 is 19.0 Å². The first-order chi connectivity index (χ1) is 8.69. The summed E-state index contributed by atoms with van der Waals surface area (Å²) in [6.07, 6.45) is 1.50. The lowest BCUT2D eigenvalue weighted by atomic mass is 10.1. The van der Waals surface area contributed by atoms with Crippen molar-refractivity contribution in [1.82, 2.24) is 0 Å². The van der Waals surface area contributed by atoms with E-state index < -0.39 is 0 Å². The van der Waals surface area contributed by atoms with Gasteiger partial charge in [-0.2, -0.15) is 0 Å². The van der Waals surface area contributed by atoms with E-state index in [1.54, 1.807) is 19.2 Å². The number of rotatable bonds is 4. The van der Waals surface area contributed by atoms with Gasteiger partial charge in [0, 0.05) is 13.5 Å². The third-order valence-corrected chi connectivity index (χ3v) is 3.02. The number of hydrogen-bond donors (Lipinski definition) is 0. The van der Waals surface area contributed by atoms with Gasteiger partial charge in [0.25, 0.3) is 0 Å². The number of carbonyl (C=O) groups is 1. The minimum Gasteiger partial charge on any atom is -0.459 e. The lowest BCUT2D eigenvalue weighted by molar-refractivity contribution is -0.123. The summed E-state index contributed by atoms with van der Waals surface area (Å²) >= 11 is 0. The smallest absolute Gasteiger partial charge is 0.338 e. The highest BCUT2D eigenvalue weighted by molar-refractivity contribution is 5.89. The molecule has 0 radical (unpaired) electrons. The van der Waals surface area contributed by atoms with Gasteiger partial charge in [0.15, 0.2) is 6.29 Å². The summed E-state index contributed by atoms with van der Waals surface area (Å²) in [7, 11) is 1.62. The Labute approximate surface area is 107 Å². The fraction of sp³-hybridized carbons (Fsp3) is 0.500. The highest BCUT2D eigenvalue weighted by Gasteiger charge is 2.26. The number of carbonyl (C=O) groups excluding carboxylic acids is 1. The summed E-state index contributed by atoms with van der Waals surface area (Å²) in [4.78, 5) is 11.8. The predicted octanol–water partition coefficient (Wildman–Crippen LogP) is 2.30. The van der Waals surface area contributed by atoms with Crippen molar-refractivity contribution in [2.75, 3.05) is 13.7 Å². The minimum absolute atomic E-state index is 0.0515. The molecule has 0 amide bonds. The van der Waals surface area contributed by atoms with Crippen LogP contribution in [0.5, 0.6) is 0 Å². The molecule has 1 aromatic carbocycles. The lowest BCUT2D eigenvalue weighted by Gasteiger charge is -2.12. The van der Waals surface area contributed by atoms with E-state index in [9.17, 15) is 4.79 Å². The van der Waals surface area contributed by atoms with E-state index in [2.05, 4.69) is 0 Å². The van der Waals surface area contributed by atoms with Crippen LogP contribution in [-0.4, -0.2) is 32.1 Å². The molecule has 1 fully saturated rings. The molecule has 98 valence electrons. The van der Waals surface area contributed by atoms with Crippen molar-refractivity contribution in [3.05, 3.63) is 35.4 Å². The fourth-order valence-electron chi connectivity index (χ4n) is 1.91. The van der Waals surface area contributed by atoms with E-state index in [4.69, 9.17) is 14.2 Å². The Morgan fingerprint density at radius 2 is 2.06 bits per heavy atom. The molecule has 0 aromatic heterocycles. The van der Waals surface area contributed by atoms with E-state index >= 15 is 0 Å². The van der Waals surface area contributed by atoms with Gasteiger partial charge >= 0.3 is 5.97 Å². The quantitative estimate of drug-likeness (QED) is 0.769. The summed E-state index contributed by atoms with van der Waals surface area (Å²) < 4.78 is 15.8. The van der Waals surface area contributed by atoms with Gasteiger partial charge < -0.3 is 14.2 Å². The number of ether oxygens (including phenoxy) is 3. The fourth-order valence-corrected chi connectivity index (χ4v) is 1.91. The van der Waals surface area contributed by atoms with Crippen molar-refractivity contribution in [2.45, 2.75) is 32.2 Å². The van der Waals surface area contributed by atoms with E-state index in [1.165, 1.54) is 0 Å². The topological polar surface area (TPSA) is 44.8 Å². The molecular weight excluding hydrogens is 232 g/mol. The normalized spacial score (nSPS) is 23.0. The molecule has 18 heavy (non-hydrogen) atoms. The first-order valence-electron chi connectivity index (χ1n) is 6.11. The van der Waals surface area contributed by atoms with Crippen LogP contribution in [0.3, 0.4) is 0 Å². The van der Waals surface area contributed by atoms with Gasteiger partial charge in [-0.25, -0.2) is 4.79 Å². The summed E-state index contributed by atoms with van der Waals surface area (Å²) in [5, 5.41) is 0. The number of hydrogen-bond acceptors (Lipinski definition) is 4. The van der Waals surface area contributed by atoms with Gasteiger partial charge in [-0.05, 0) is 25.5 Å². The molecule has 2 atom stereocenters.